The minimum absolute atomic E-state index is 0.335. The Labute approximate surface area is 137 Å². The standard InChI is InChI=1S/C18H28F2O3/c1-4-5-6-7-8-9-10-17(18(21,22-2)23-3)14-11-15(19)13-16(20)12-14/h11-13,17,21H,4-10H2,1-3H3. The maximum atomic E-state index is 13.5. The van der Waals surface area contributed by atoms with Crippen LogP contribution >= 0.6 is 0 Å². The lowest BCUT2D eigenvalue weighted by Gasteiger charge is -2.33. The normalized spacial score (nSPS) is 13.3. The maximum absolute atomic E-state index is 13.5. The molecule has 132 valence electrons. The van der Waals surface area contributed by atoms with Crippen molar-refractivity contribution in [3.63, 3.8) is 0 Å². The Hall–Kier alpha value is -1.04. The van der Waals surface area contributed by atoms with Crippen LogP contribution in [0.3, 0.4) is 0 Å². The van der Waals surface area contributed by atoms with E-state index in [0.717, 1.165) is 25.3 Å². The zero-order chi connectivity index (χ0) is 17.3. The molecule has 0 radical (unpaired) electrons. The van der Waals surface area contributed by atoms with Gasteiger partial charge in [-0.15, -0.1) is 0 Å². The maximum Gasteiger partial charge on any atom is 0.287 e. The average molecular weight is 330 g/mol. The highest BCUT2D eigenvalue weighted by Gasteiger charge is 2.38. The molecule has 0 saturated carbocycles. The molecule has 0 amide bonds. The smallest absolute Gasteiger partial charge is 0.287 e. The van der Waals surface area contributed by atoms with Gasteiger partial charge in [0.2, 0.25) is 0 Å². The van der Waals surface area contributed by atoms with Crippen LogP contribution in [0, 0.1) is 11.6 Å². The van der Waals surface area contributed by atoms with Crippen molar-refractivity contribution < 1.29 is 23.4 Å². The van der Waals surface area contributed by atoms with Gasteiger partial charge in [-0.2, -0.15) is 0 Å². The van der Waals surface area contributed by atoms with Crippen LogP contribution < -0.4 is 0 Å². The molecule has 1 rings (SSSR count). The van der Waals surface area contributed by atoms with Crippen molar-refractivity contribution in [3.8, 4) is 0 Å². The molecule has 3 nitrogen and oxygen atoms in total. The molecule has 1 aromatic rings. The summed E-state index contributed by atoms with van der Waals surface area (Å²) in [4.78, 5) is 0. The van der Waals surface area contributed by atoms with Gasteiger partial charge in [0.15, 0.2) is 0 Å². The highest BCUT2D eigenvalue weighted by Crippen LogP contribution is 2.35. The minimum Gasteiger partial charge on any atom is -0.343 e. The fourth-order valence-corrected chi connectivity index (χ4v) is 2.83. The molecular formula is C18H28F2O3. The van der Waals surface area contributed by atoms with Crippen LogP contribution in [0.4, 0.5) is 8.78 Å². The second-order valence-corrected chi connectivity index (χ2v) is 5.85. The third kappa shape index (κ3) is 6.16. The van der Waals surface area contributed by atoms with E-state index in [1.165, 1.54) is 45.6 Å². The highest BCUT2D eigenvalue weighted by molar-refractivity contribution is 5.23. The second kappa shape index (κ2) is 9.96. The Morgan fingerprint density at radius 3 is 2.00 bits per heavy atom. The van der Waals surface area contributed by atoms with Crippen molar-refractivity contribution in [2.24, 2.45) is 0 Å². The second-order valence-electron chi connectivity index (χ2n) is 5.85. The number of methoxy groups -OCH3 is 2. The van der Waals surface area contributed by atoms with Gasteiger partial charge in [-0.25, -0.2) is 8.78 Å². The molecule has 0 bridgehead atoms. The average Bonchev–Trinajstić information content (AvgIpc) is 2.52. The number of benzene rings is 1. The Balaban J connectivity index is 2.81. The summed E-state index contributed by atoms with van der Waals surface area (Å²) >= 11 is 0. The predicted octanol–water partition coefficient (Wildman–Crippen LogP) is 4.74. The van der Waals surface area contributed by atoms with Gasteiger partial charge in [-0.1, -0.05) is 45.4 Å². The van der Waals surface area contributed by atoms with Gasteiger partial charge in [0, 0.05) is 20.3 Å². The Morgan fingerprint density at radius 2 is 1.48 bits per heavy atom. The number of aliphatic hydroxyl groups is 1. The monoisotopic (exact) mass is 330 g/mol. The van der Waals surface area contributed by atoms with E-state index in [4.69, 9.17) is 9.47 Å². The van der Waals surface area contributed by atoms with E-state index in [2.05, 4.69) is 6.92 Å². The lowest BCUT2D eigenvalue weighted by atomic mass is 9.90. The SMILES string of the molecule is CCCCCCCCC(c1cc(F)cc(F)c1)C(O)(OC)OC. The van der Waals surface area contributed by atoms with Gasteiger partial charge in [-0.3, -0.25) is 0 Å². The zero-order valence-corrected chi connectivity index (χ0v) is 14.3. The van der Waals surface area contributed by atoms with E-state index in [0.29, 0.717) is 12.0 Å². The van der Waals surface area contributed by atoms with Crippen LogP contribution in [0.25, 0.3) is 0 Å². The fraction of sp³-hybridized carbons (Fsp3) is 0.667. The molecule has 1 N–H and O–H groups in total. The van der Waals surface area contributed by atoms with Gasteiger partial charge in [0.05, 0.1) is 5.92 Å². The topological polar surface area (TPSA) is 38.7 Å². The number of hydrogen-bond donors (Lipinski definition) is 1. The molecule has 0 saturated heterocycles. The predicted molar refractivity (Wildman–Crippen MR) is 86.1 cm³/mol. The molecule has 0 fully saturated rings. The number of halogens is 2. The molecule has 0 spiro atoms. The number of ether oxygens (including phenoxy) is 2. The third-order valence-electron chi connectivity index (χ3n) is 4.16. The fourth-order valence-electron chi connectivity index (χ4n) is 2.83. The van der Waals surface area contributed by atoms with Gasteiger partial charge in [-0.05, 0) is 24.1 Å². The van der Waals surface area contributed by atoms with Crippen LogP contribution in [-0.4, -0.2) is 25.3 Å². The molecule has 5 heteroatoms. The van der Waals surface area contributed by atoms with Crippen molar-refractivity contribution in [1.29, 1.82) is 0 Å². The van der Waals surface area contributed by atoms with Gasteiger partial charge >= 0.3 is 0 Å². The van der Waals surface area contributed by atoms with Crippen LogP contribution in [0.1, 0.15) is 63.4 Å². The van der Waals surface area contributed by atoms with Crippen molar-refractivity contribution in [2.75, 3.05) is 14.2 Å². The first-order chi connectivity index (χ1) is 11.0. The summed E-state index contributed by atoms with van der Waals surface area (Å²) < 4.78 is 37.2. The number of hydrogen-bond acceptors (Lipinski definition) is 3. The molecule has 0 aliphatic rings. The molecule has 1 atom stereocenters. The summed E-state index contributed by atoms with van der Waals surface area (Å²) in [6, 6.07) is 3.24. The Morgan fingerprint density at radius 1 is 0.957 bits per heavy atom. The lowest BCUT2D eigenvalue weighted by Crippen LogP contribution is -2.40. The Bertz CT molecular complexity index is 441. The first-order valence-electron chi connectivity index (χ1n) is 8.25. The first kappa shape index (κ1) is 20.0. The lowest BCUT2D eigenvalue weighted by molar-refractivity contribution is -0.353. The van der Waals surface area contributed by atoms with E-state index in [-0.39, 0.29) is 0 Å². The Kier molecular flexibility index (Phi) is 8.66. The van der Waals surface area contributed by atoms with Crippen molar-refractivity contribution >= 4 is 0 Å². The van der Waals surface area contributed by atoms with Gasteiger partial charge < -0.3 is 14.6 Å². The zero-order valence-electron chi connectivity index (χ0n) is 14.3. The van der Waals surface area contributed by atoms with Gasteiger partial charge in [0.1, 0.15) is 11.6 Å². The molecule has 0 heterocycles. The summed E-state index contributed by atoms with van der Waals surface area (Å²) in [7, 11) is 2.63. The third-order valence-corrected chi connectivity index (χ3v) is 4.16. The van der Waals surface area contributed by atoms with Crippen molar-refractivity contribution in [3.05, 3.63) is 35.4 Å². The highest BCUT2D eigenvalue weighted by atomic mass is 19.1. The molecule has 1 aromatic carbocycles. The molecule has 0 aromatic heterocycles. The summed E-state index contributed by atoms with van der Waals surface area (Å²) in [5.41, 5.74) is 0.335. The number of rotatable bonds is 11. The van der Waals surface area contributed by atoms with Gasteiger partial charge in [0.25, 0.3) is 5.97 Å². The van der Waals surface area contributed by atoms with E-state index in [1.807, 2.05) is 0 Å². The van der Waals surface area contributed by atoms with Crippen LogP contribution in [0.2, 0.25) is 0 Å². The van der Waals surface area contributed by atoms with Crippen LogP contribution in [0.15, 0.2) is 18.2 Å². The summed E-state index contributed by atoms with van der Waals surface area (Å²) in [6.07, 6.45) is 7.01. The van der Waals surface area contributed by atoms with E-state index in [9.17, 15) is 13.9 Å². The van der Waals surface area contributed by atoms with E-state index < -0.39 is 23.5 Å². The molecule has 1 unspecified atom stereocenters. The molecule has 23 heavy (non-hydrogen) atoms. The van der Waals surface area contributed by atoms with Crippen LogP contribution in [0.5, 0.6) is 0 Å². The first-order valence-corrected chi connectivity index (χ1v) is 8.25. The quantitative estimate of drug-likeness (QED) is 0.470. The summed E-state index contributed by atoms with van der Waals surface area (Å²) in [5, 5.41) is 10.5. The van der Waals surface area contributed by atoms with Crippen molar-refractivity contribution in [2.45, 2.75) is 63.8 Å². The van der Waals surface area contributed by atoms with E-state index in [1.54, 1.807) is 0 Å². The minimum atomic E-state index is -1.90. The molecule has 0 aliphatic carbocycles. The number of unbranched alkanes of at least 4 members (excludes halogenated alkanes) is 5. The summed E-state index contributed by atoms with van der Waals surface area (Å²) in [5.74, 6) is -3.91. The molecular weight excluding hydrogens is 302 g/mol. The summed E-state index contributed by atoms with van der Waals surface area (Å²) in [6.45, 7) is 2.16. The van der Waals surface area contributed by atoms with Crippen LogP contribution in [-0.2, 0) is 9.47 Å². The molecule has 0 aliphatic heterocycles. The van der Waals surface area contributed by atoms with E-state index >= 15 is 0 Å². The van der Waals surface area contributed by atoms with Crippen molar-refractivity contribution in [1.82, 2.24) is 0 Å². The largest absolute Gasteiger partial charge is 0.343 e.